The van der Waals surface area contributed by atoms with Crippen LogP contribution < -0.4 is 10.1 Å². The van der Waals surface area contributed by atoms with Gasteiger partial charge in [0, 0.05) is 5.02 Å². The van der Waals surface area contributed by atoms with Crippen molar-refractivity contribution in [1.82, 2.24) is 10.2 Å². The first kappa shape index (κ1) is 23.9. The number of carbonyl (C=O) groups excluding carboxylic acids is 2. The first-order chi connectivity index (χ1) is 14.9. The number of benzene rings is 2. The lowest BCUT2D eigenvalue weighted by atomic mass is 9.92. The number of amides is 3. The van der Waals surface area contributed by atoms with Crippen LogP contribution in [0, 0.1) is 18.6 Å². The van der Waals surface area contributed by atoms with Crippen molar-refractivity contribution in [2.45, 2.75) is 45.3 Å². The van der Waals surface area contributed by atoms with Gasteiger partial charge in [0.2, 0.25) is 0 Å². The monoisotopic (exact) mass is 466 g/mol. The van der Waals surface area contributed by atoms with E-state index in [0.29, 0.717) is 10.8 Å². The molecular formula is C23H25ClF2N2O4. The molecule has 1 heterocycles. The fraction of sp³-hybridized carbons (Fsp3) is 0.391. The molecule has 0 bridgehead atoms. The molecule has 2 atom stereocenters. The Morgan fingerprint density at radius 3 is 2.50 bits per heavy atom. The third-order valence-corrected chi connectivity index (χ3v) is 5.92. The fourth-order valence-electron chi connectivity index (χ4n) is 3.56. The third kappa shape index (κ3) is 4.56. The number of halogens is 3. The Bertz CT molecular complexity index is 1060. The number of rotatable bonds is 7. The van der Waals surface area contributed by atoms with E-state index in [1.54, 1.807) is 6.07 Å². The Labute approximate surface area is 190 Å². The summed E-state index contributed by atoms with van der Waals surface area (Å²) in [4.78, 5) is 26.2. The average Bonchev–Trinajstić information content (AvgIpc) is 2.94. The second-order valence-electron chi connectivity index (χ2n) is 8.36. The Hall–Kier alpha value is -2.71. The molecule has 0 radical (unpaired) electrons. The van der Waals surface area contributed by atoms with E-state index in [1.807, 2.05) is 26.8 Å². The number of aliphatic hydroxyl groups excluding tert-OH is 1. The number of carbonyl (C=O) groups is 2. The van der Waals surface area contributed by atoms with Gasteiger partial charge in [-0.25, -0.2) is 13.6 Å². The summed E-state index contributed by atoms with van der Waals surface area (Å²) >= 11 is 6.20. The van der Waals surface area contributed by atoms with Crippen LogP contribution in [0.1, 0.15) is 43.4 Å². The number of aryl methyl sites for hydroxylation is 1. The molecule has 0 unspecified atom stereocenters. The van der Waals surface area contributed by atoms with Crippen molar-refractivity contribution in [3.8, 4) is 5.75 Å². The second kappa shape index (κ2) is 9.03. The average molecular weight is 467 g/mol. The molecule has 2 aromatic rings. The highest BCUT2D eigenvalue weighted by Gasteiger charge is 2.49. The molecule has 2 N–H and O–H groups in total. The lowest BCUT2D eigenvalue weighted by Gasteiger charge is -2.23. The van der Waals surface area contributed by atoms with Crippen molar-refractivity contribution in [3.63, 3.8) is 0 Å². The van der Waals surface area contributed by atoms with Gasteiger partial charge < -0.3 is 15.2 Å². The van der Waals surface area contributed by atoms with Gasteiger partial charge in [-0.1, -0.05) is 31.5 Å². The lowest BCUT2D eigenvalue weighted by molar-refractivity contribution is -0.132. The van der Waals surface area contributed by atoms with E-state index in [-0.39, 0.29) is 24.6 Å². The van der Waals surface area contributed by atoms with Crippen molar-refractivity contribution in [3.05, 3.63) is 63.7 Å². The molecule has 32 heavy (non-hydrogen) atoms. The van der Waals surface area contributed by atoms with E-state index < -0.39 is 35.2 Å². The standard InChI is InChI=1S/C23H25ClF2N2O4/c1-12(2)16-9-17(24)13(3)7-20(16)32-11-15(29)10-28-21(30)23(4,27-22(28)31)14-5-6-18(25)19(26)8-14/h5-9,12,15,29H,10-11H2,1-4H3,(H,27,31)/t15-,23+/m1/s1. The highest BCUT2D eigenvalue weighted by atomic mass is 35.5. The van der Waals surface area contributed by atoms with Gasteiger partial charge >= 0.3 is 6.03 Å². The predicted octanol–water partition coefficient (Wildman–Crippen LogP) is 4.26. The zero-order valence-corrected chi connectivity index (χ0v) is 19.0. The highest BCUT2D eigenvalue weighted by molar-refractivity contribution is 6.31. The van der Waals surface area contributed by atoms with Crippen LogP contribution in [-0.2, 0) is 10.3 Å². The smallest absolute Gasteiger partial charge is 0.325 e. The molecule has 3 amide bonds. The summed E-state index contributed by atoms with van der Waals surface area (Å²) in [7, 11) is 0. The van der Waals surface area contributed by atoms with Crippen LogP contribution >= 0.6 is 11.6 Å². The maximum atomic E-state index is 13.7. The molecule has 0 spiro atoms. The van der Waals surface area contributed by atoms with Crippen LogP contribution in [0.15, 0.2) is 30.3 Å². The Morgan fingerprint density at radius 1 is 1.19 bits per heavy atom. The molecule has 1 saturated heterocycles. The van der Waals surface area contributed by atoms with Gasteiger partial charge in [-0.15, -0.1) is 0 Å². The number of aliphatic hydroxyl groups is 1. The molecule has 1 aliphatic rings. The van der Waals surface area contributed by atoms with Crippen LogP contribution in [0.4, 0.5) is 13.6 Å². The summed E-state index contributed by atoms with van der Waals surface area (Å²) in [6, 6.07) is 5.84. The maximum Gasteiger partial charge on any atom is 0.325 e. The molecule has 2 aromatic carbocycles. The van der Waals surface area contributed by atoms with Gasteiger partial charge in [0.25, 0.3) is 5.91 Å². The number of urea groups is 1. The summed E-state index contributed by atoms with van der Waals surface area (Å²) < 4.78 is 32.7. The van der Waals surface area contributed by atoms with Gasteiger partial charge in [0.05, 0.1) is 6.54 Å². The van der Waals surface area contributed by atoms with Crippen LogP contribution in [0.2, 0.25) is 5.02 Å². The van der Waals surface area contributed by atoms with Crippen LogP contribution in [-0.4, -0.2) is 41.2 Å². The number of ether oxygens (including phenoxy) is 1. The minimum absolute atomic E-state index is 0.0983. The Kier molecular flexibility index (Phi) is 6.76. The van der Waals surface area contributed by atoms with Crippen molar-refractivity contribution in [2.75, 3.05) is 13.2 Å². The summed E-state index contributed by atoms with van der Waals surface area (Å²) in [5.41, 5.74) is 0.205. The van der Waals surface area contributed by atoms with Crippen molar-refractivity contribution in [1.29, 1.82) is 0 Å². The molecule has 172 valence electrons. The van der Waals surface area contributed by atoms with E-state index in [1.165, 1.54) is 13.0 Å². The summed E-state index contributed by atoms with van der Waals surface area (Å²) in [5.74, 6) is -2.18. The molecule has 1 fully saturated rings. The number of nitrogens with one attached hydrogen (secondary N) is 1. The van der Waals surface area contributed by atoms with Crippen molar-refractivity contribution in [2.24, 2.45) is 0 Å². The molecule has 0 aliphatic carbocycles. The second-order valence-corrected chi connectivity index (χ2v) is 8.77. The topological polar surface area (TPSA) is 78.9 Å². The molecule has 3 rings (SSSR count). The molecule has 0 saturated carbocycles. The predicted molar refractivity (Wildman–Crippen MR) is 116 cm³/mol. The number of β-amino-alcohol motifs (C(OH)–C–C–N with tert-alkyl or cyclic N) is 1. The van der Waals surface area contributed by atoms with Gasteiger partial charge in [-0.2, -0.15) is 0 Å². The van der Waals surface area contributed by atoms with Crippen molar-refractivity contribution >= 4 is 23.5 Å². The number of hydrogen-bond donors (Lipinski definition) is 2. The summed E-state index contributed by atoms with van der Waals surface area (Å²) in [5, 5.41) is 13.5. The van der Waals surface area contributed by atoms with Crippen molar-refractivity contribution < 1.29 is 28.2 Å². The minimum Gasteiger partial charge on any atom is -0.491 e. The van der Waals surface area contributed by atoms with E-state index in [4.69, 9.17) is 16.3 Å². The molecule has 0 aromatic heterocycles. The number of imide groups is 1. The largest absolute Gasteiger partial charge is 0.491 e. The van der Waals surface area contributed by atoms with E-state index >= 15 is 0 Å². The van der Waals surface area contributed by atoms with Crippen LogP contribution in [0.3, 0.4) is 0 Å². The fourth-order valence-corrected chi connectivity index (χ4v) is 3.73. The zero-order valence-electron chi connectivity index (χ0n) is 18.2. The van der Waals surface area contributed by atoms with Gasteiger partial charge in [0.1, 0.15) is 24.0 Å². The summed E-state index contributed by atoms with van der Waals surface area (Å²) in [6.07, 6.45) is -1.17. The number of hydrogen-bond acceptors (Lipinski definition) is 4. The van der Waals surface area contributed by atoms with Gasteiger partial charge in [-0.3, -0.25) is 9.69 Å². The minimum atomic E-state index is -1.58. The number of nitrogens with zero attached hydrogens (tertiary/aromatic N) is 1. The quantitative estimate of drug-likeness (QED) is 0.598. The highest BCUT2D eigenvalue weighted by Crippen LogP contribution is 2.33. The molecule has 1 aliphatic heterocycles. The first-order valence-electron chi connectivity index (χ1n) is 10.1. The lowest BCUT2D eigenvalue weighted by Crippen LogP contribution is -2.43. The summed E-state index contributed by atoms with van der Waals surface area (Å²) in [6.45, 7) is 6.71. The van der Waals surface area contributed by atoms with E-state index in [2.05, 4.69) is 5.32 Å². The van der Waals surface area contributed by atoms with Gasteiger partial charge in [0.15, 0.2) is 11.6 Å². The SMILES string of the molecule is Cc1cc(OC[C@H](O)CN2C(=O)N[C@@](C)(c3ccc(F)c(F)c3)C2=O)c(C(C)C)cc1Cl. The molecule has 6 nitrogen and oxygen atoms in total. The van der Waals surface area contributed by atoms with Gasteiger partial charge in [-0.05, 0) is 60.7 Å². The Morgan fingerprint density at radius 2 is 1.88 bits per heavy atom. The molecular weight excluding hydrogens is 442 g/mol. The van der Waals surface area contributed by atoms with E-state index in [9.17, 15) is 23.5 Å². The first-order valence-corrected chi connectivity index (χ1v) is 10.5. The zero-order chi connectivity index (χ0) is 23.8. The maximum absolute atomic E-state index is 13.7. The van der Waals surface area contributed by atoms with E-state index in [0.717, 1.165) is 28.2 Å². The molecule has 9 heteroatoms. The van der Waals surface area contributed by atoms with Crippen LogP contribution in [0.25, 0.3) is 0 Å². The Balaban J connectivity index is 1.71. The third-order valence-electron chi connectivity index (χ3n) is 5.51. The normalized spacial score (nSPS) is 19.5. The van der Waals surface area contributed by atoms with Crippen LogP contribution in [0.5, 0.6) is 5.75 Å².